The highest BCUT2D eigenvalue weighted by Gasteiger charge is 2.24. The molecule has 0 aromatic heterocycles. The van der Waals surface area contributed by atoms with Crippen LogP contribution in [0.1, 0.15) is 28.8 Å². The van der Waals surface area contributed by atoms with E-state index in [4.69, 9.17) is 10.2 Å². The molecule has 2 N–H and O–H groups in total. The number of ketones is 1. The number of carbonyl (C=O) groups excluding carboxylic acids is 1. The van der Waals surface area contributed by atoms with Gasteiger partial charge < -0.3 is 10.2 Å². The SMILES string of the molecule is Cc1ccc(C(=O)CC(CC(=O)O)C(=O)O)cc1. The number of benzene rings is 1. The summed E-state index contributed by atoms with van der Waals surface area (Å²) in [6.45, 7) is 1.87. The van der Waals surface area contributed by atoms with Crippen molar-refractivity contribution in [1.82, 2.24) is 0 Å². The lowest BCUT2D eigenvalue weighted by atomic mass is 9.95. The van der Waals surface area contributed by atoms with Crippen LogP contribution in [0.4, 0.5) is 0 Å². The van der Waals surface area contributed by atoms with E-state index >= 15 is 0 Å². The molecule has 1 aromatic carbocycles. The average Bonchev–Trinajstić information content (AvgIpc) is 2.28. The summed E-state index contributed by atoms with van der Waals surface area (Å²) in [5, 5.41) is 17.4. The molecule has 1 atom stereocenters. The highest BCUT2D eigenvalue weighted by Crippen LogP contribution is 2.14. The van der Waals surface area contributed by atoms with Crippen molar-refractivity contribution in [3.8, 4) is 0 Å². The minimum atomic E-state index is -1.27. The van der Waals surface area contributed by atoms with Crippen LogP contribution in [0.15, 0.2) is 24.3 Å². The fraction of sp³-hybridized carbons (Fsp3) is 0.308. The number of carboxylic acids is 2. The highest BCUT2D eigenvalue weighted by atomic mass is 16.4. The maximum Gasteiger partial charge on any atom is 0.307 e. The normalized spacial score (nSPS) is 11.8. The minimum Gasteiger partial charge on any atom is -0.481 e. The first-order chi connectivity index (χ1) is 8.40. The second-order valence-electron chi connectivity index (χ2n) is 4.13. The van der Waals surface area contributed by atoms with Crippen LogP contribution in [0, 0.1) is 12.8 Å². The number of aryl methyl sites for hydroxylation is 1. The first-order valence-corrected chi connectivity index (χ1v) is 5.44. The van der Waals surface area contributed by atoms with Crippen molar-refractivity contribution in [3.63, 3.8) is 0 Å². The van der Waals surface area contributed by atoms with E-state index in [9.17, 15) is 14.4 Å². The zero-order chi connectivity index (χ0) is 13.7. The van der Waals surface area contributed by atoms with Gasteiger partial charge in [-0.3, -0.25) is 14.4 Å². The summed E-state index contributed by atoms with van der Waals surface area (Å²) < 4.78 is 0. The van der Waals surface area contributed by atoms with Crippen LogP contribution in [-0.2, 0) is 9.59 Å². The third-order valence-corrected chi connectivity index (χ3v) is 2.58. The molecule has 0 aliphatic heterocycles. The summed E-state index contributed by atoms with van der Waals surface area (Å²) >= 11 is 0. The van der Waals surface area contributed by atoms with Crippen molar-refractivity contribution in [2.45, 2.75) is 19.8 Å². The first kappa shape index (κ1) is 13.9. The lowest BCUT2D eigenvalue weighted by Crippen LogP contribution is -2.21. The number of carbonyl (C=O) groups is 3. The molecule has 1 rings (SSSR count). The maximum atomic E-state index is 11.8. The molecule has 0 bridgehead atoms. The van der Waals surface area contributed by atoms with Crippen molar-refractivity contribution < 1.29 is 24.6 Å². The third-order valence-electron chi connectivity index (χ3n) is 2.58. The molecule has 0 saturated heterocycles. The van der Waals surface area contributed by atoms with Crippen LogP contribution in [0.2, 0.25) is 0 Å². The van der Waals surface area contributed by atoms with Gasteiger partial charge in [0, 0.05) is 12.0 Å². The summed E-state index contributed by atoms with van der Waals surface area (Å²) in [7, 11) is 0. The molecule has 96 valence electrons. The Kier molecular flexibility index (Phi) is 4.59. The highest BCUT2D eigenvalue weighted by molar-refractivity contribution is 5.98. The number of aliphatic carboxylic acids is 2. The van der Waals surface area contributed by atoms with Gasteiger partial charge in [-0.1, -0.05) is 29.8 Å². The van der Waals surface area contributed by atoms with Crippen molar-refractivity contribution in [2.75, 3.05) is 0 Å². The van der Waals surface area contributed by atoms with E-state index in [1.54, 1.807) is 24.3 Å². The number of rotatable bonds is 6. The minimum absolute atomic E-state index is 0.301. The molecule has 0 aliphatic rings. The molecule has 0 amide bonds. The Morgan fingerprint density at radius 1 is 1.06 bits per heavy atom. The van der Waals surface area contributed by atoms with Gasteiger partial charge in [0.25, 0.3) is 0 Å². The van der Waals surface area contributed by atoms with E-state index in [2.05, 4.69) is 0 Å². The van der Waals surface area contributed by atoms with Crippen molar-refractivity contribution in [2.24, 2.45) is 5.92 Å². The lowest BCUT2D eigenvalue weighted by molar-refractivity contribution is -0.148. The van der Waals surface area contributed by atoms with Gasteiger partial charge in [-0.25, -0.2) is 0 Å². The molecule has 0 heterocycles. The van der Waals surface area contributed by atoms with Crippen molar-refractivity contribution in [1.29, 1.82) is 0 Å². The Bertz CT molecular complexity index is 461. The standard InChI is InChI=1S/C13H14O5/c1-8-2-4-9(5-3-8)11(14)6-10(13(17)18)7-12(15)16/h2-5,10H,6-7H2,1H3,(H,15,16)(H,17,18). The zero-order valence-corrected chi connectivity index (χ0v) is 9.92. The summed E-state index contributed by atoms with van der Waals surface area (Å²) in [6, 6.07) is 6.72. The molecule has 0 aliphatic carbocycles. The van der Waals surface area contributed by atoms with Crippen molar-refractivity contribution in [3.05, 3.63) is 35.4 Å². The Balaban J connectivity index is 2.75. The van der Waals surface area contributed by atoms with Crippen LogP contribution in [0.5, 0.6) is 0 Å². The monoisotopic (exact) mass is 250 g/mol. The van der Waals surface area contributed by atoms with E-state index in [0.29, 0.717) is 5.56 Å². The van der Waals surface area contributed by atoms with Gasteiger partial charge in [-0.05, 0) is 6.92 Å². The largest absolute Gasteiger partial charge is 0.481 e. The van der Waals surface area contributed by atoms with Crippen LogP contribution in [0.25, 0.3) is 0 Å². The fourth-order valence-electron chi connectivity index (χ4n) is 1.54. The van der Waals surface area contributed by atoms with Gasteiger partial charge in [0.15, 0.2) is 5.78 Å². The number of hydrogen-bond acceptors (Lipinski definition) is 3. The Morgan fingerprint density at radius 2 is 1.61 bits per heavy atom. The van der Waals surface area contributed by atoms with Gasteiger partial charge in [0.05, 0.1) is 12.3 Å². The Morgan fingerprint density at radius 3 is 2.06 bits per heavy atom. The number of hydrogen-bond donors (Lipinski definition) is 2. The molecule has 1 aromatic rings. The quantitative estimate of drug-likeness (QED) is 0.750. The molecule has 0 radical (unpaired) electrons. The summed E-state index contributed by atoms with van der Waals surface area (Å²) in [5.41, 5.74) is 1.39. The van der Waals surface area contributed by atoms with Gasteiger partial charge in [-0.15, -0.1) is 0 Å². The fourth-order valence-corrected chi connectivity index (χ4v) is 1.54. The van der Waals surface area contributed by atoms with Gasteiger partial charge in [0.2, 0.25) is 0 Å². The average molecular weight is 250 g/mol. The molecule has 5 heteroatoms. The molecule has 0 spiro atoms. The van der Waals surface area contributed by atoms with Crippen LogP contribution < -0.4 is 0 Å². The smallest absolute Gasteiger partial charge is 0.307 e. The molecule has 5 nitrogen and oxygen atoms in total. The van der Waals surface area contributed by atoms with E-state index < -0.39 is 24.3 Å². The zero-order valence-electron chi connectivity index (χ0n) is 9.92. The second-order valence-corrected chi connectivity index (χ2v) is 4.13. The van der Waals surface area contributed by atoms with Gasteiger partial charge in [0.1, 0.15) is 0 Å². The maximum absolute atomic E-state index is 11.8. The second kappa shape index (κ2) is 5.95. The van der Waals surface area contributed by atoms with Crippen LogP contribution in [0.3, 0.4) is 0 Å². The van der Waals surface area contributed by atoms with Crippen molar-refractivity contribution >= 4 is 17.7 Å². The van der Waals surface area contributed by atoms with Gasteiger partial charge in [-0.2, -0.15) is 0 Å². The molecule has 1 unspecified atom stereocenters. The Hall–Kier alpha value is -2.17. The summed E-state index contributed by atoms with van der Waals surface area (Å²) in [6.07, 6.45) is -0.850. The lowest BCUT2D eigenvalue weighted by Gasteiger charge is -2.08. The van der Waals surface area contributed by atoms with E-state index in [1.807, 2.05) is 6.92 Å². The Labute approximate surface area is 104 Å². The topological polar surface area (TPSA) is 91.7 Å². The summed E-state index contributed by atoms with van der Waals surface area (Å²) in [4.78, 5) is 33.1. The number of Topliss-reactive ketones (excluding diaryl/α,β-unsaturated/α-hetero) is 1. The van der Waals surface area contributed by atoms with E-state index in [1.165, 1.54) is 0 Å². The van der Waals surface area contributed by atoms with Crippen LogP contribution in [-0.4, -0.2) is 27.9 Å². The van der Waals surface area contributed by atoms with Gasteiger partial charge >= 0.3 is 11.9 Å². The van der Waals surface area contributed by atoms with Crippen LogP contribution >= 0.6 is 0 Å². The molecule has 18 heavy (non-hydrogen) atoms. The van der Waals surface area contributed by atoms with E-state index in [0.717, 1.165) is 5.56 Å². The third kappa shape index (κ3) is 4.01. The number of carboxylic acid groups (broad SMARTS) is 2. The predicted octanol–water partition coefficient (Wildman–Crippen LogP) is 1.74. The molecule has 0 fully saturated rings. The predicted molar refractivity (Wildman–Crippen MR) is 63.5 cm³/mol. The molecule has 0 saturated carbocycles. The molecular weight excluding hydrogens is 236 g/mol. The summed E-state index contributed by atoms with van der Waals surface area (Å²) in [5.74, 6) is -4.03. The first-order valence-electron chi connectivity index (χ1n) is 5.44. The molecular formula is C13H14O5. The van der Waals surface area contributed by atoms with E-state index in [-0.39, 0.29) is 12.2 Å².